The van der Waals surface area contributed by atoms with Crippen molar-refractivity contribution in [2.24, 2.45) is 5.84 Å². The van der Waals surface area contributed by atoms with Crippen molar-refractivity contribution < 1.29 is 4.79 Å². The van der Waals surface area contributed by atoms with E-state index >= 15 is 0 Å². The quantitative estimate of drug-likeness (QED) is 0.481. The van der Waals surface area contributed by atoms with Crippen molar-refractivity contribution in [3.63, 3.8) is 0 Å². The van der Waals surface area contributed by atoms with Crippen molar-refractivity contribution in [1.82, 2.24) is 15.3 Å². The van der Waals surface area contributed by atoms with Gasteiger partial charge in [0.15, 0.2) is 0 Å². The Balaban J connectivity index is 2.00. The number of amides is 1. The van der Waals surface area contributed by atoms with Crippen molar-refractivity contribution in [3.05, 3.63) is 65.5 Å². The largest absolute Gasteiger partial charge is 0.295 e. The van der Waals surface area contributed by atoms with Crippen molar-refractivity contribution in [3.8, 4) is 0 Å². The molecule has 21 heavy (non-hydrogen) atoms. The zero-order valence-electron chi connectivity index (χ0n) is 12.1. The summed E-state index contributed by atoms with van der Waals surface area (Å²) in [5.74, 6) is 4.84. The lowest BCUT2D eigenvalue weighted by Gasteiger charge is -2.20. The first-order valence-electron chi connectivity index (χ1n) is 6.94. The van der Waals surface area contributed by atoms with Crippen LogP contribution in [0.4, 0.5) is 0 Å². The number of pyridine rings is 1. The Morgan fingerprint density at radius 1 is 1.10 bits per heavy atom. The summed E-state index contributed by atoms with van der Waals surface area (Å²) in [5, 5.41) is 0. The highest BCUT2D eigenvalue weighted by atomic mass is 16.2. The van der Waals surface area contributed by atoms with E-state index in [2.05, 4.69) is 22.2 Å². The van der Waals surface area contributed by atoms with Crippen LogP contribution in [0.3, 0.4) is 0 Å². The monoisotopic (exact) mass is 284 g/mol. The molecule has 0 aliphatic heterocycles. The van der Waals surface area contributed by atoms with Gasteiger partial charge in [0.2, 0.25) is 0 Å². The van der Waals surface area contributed by atoms with E-state index in [1.807, 2.05) is 36.7 Å². The fourth-order valence-corrected chi connectivity index (χ4v) is 2.13. The Labute approximate surface area is 124 Å². The fourth-order valence-electron chi connectivity index (χ4n) is 2.13. The van der Waals surface area contributed by atoms with E-state index in [0.717, 1.165) is 19.6 Å². The first kappa shape index (κ1) is 15.2. The number of carbonyl (C=O) groups excluding carboxylic acids is 1. The number of rotatable bonds is 6. The van der Waals surface area contributed by atoms with E-state index < -0.39 is 0 Å². The van der Waals surface area contributed by atoms with Crippen LogP contribution in [0.25, 0.3) is 0 Å². The number of hydrazine groups is 1. The molecule has 0 bridgehead atoms. The zero-order chi connectivity index (χ0) is 15.1. The first-order valence-corrected chi connectivity index (χ1v) is 6.94. The average Bonchev–Trinajstić information content (AvgIpc) is 2.55. The van der Waals surface area contributed by atoms with Crippen LogP contribution in [0.15, 0.2) is 48.8 Å². The van der Waals surface area contributed by atoms with E-state index in [4.69, 9.17) is 5.84 Å². The molecule has 1 heterocycles. The maximum absolute atomic E-state index is 11.4. The second-order valence-electron chi connectivity index (χ2n) is 4.83. The molecule has 0 aliphatic rings. The molecule has 1 aromatic heterocycles. The molecule has 0 saturated carbocycles. The highest BCUT2D eigenvalue weighted by molar-refractivity contribution is 5.93. The van der Waals surface area contributed by atoms with Gasteiger partial charge in [0.25, 0.3) is 5.91 Å². The van der Waals surface area contributed by atoms with Crippen LogP contribution in [-0.2, 0) is 13.1 Å². The highest BCUT2D eigenvalue weighted by Gasteiger charge is 2.07. The van der Waals surface area contributed by atoms with Gasteiger partial charge in [-0.05, 0) is 41.9 Å². The van der Waals surface area contributed by atoms with Crippen molar-refractivity contribution in [1.29, 1.82) is 0 Å². The van der Waals surface area contributed by atoms with E-state index in [1.165, 1.54) is 11.1 Å². The van der Waals surface area contributed by atoms with E-state index in [9.17, 15) is 4.79 Å². The van der Waals surface area contributed by atoms with Crippen LogP contribution in [0, 0.1) is 0 Å². The molecule has 0 fully saturated rings. The Morgan fingerprint density at radius 2 is 1.67 bits per heavy atom. The minimum atomic E-state index is -0.273. The van der Waals surface area contributed by atoms with Crippen molar-refractivity contribution in [2.45, 2.75) is 20.0 Å². The molecule has 0 atom stereocenters. The Kier molecular flexibility index (Phi) is 5.43. The second-order valence-corrected chi connectivity index (χ2v) is 4.83. The summed E-state index contributed by atoms with van der Waals surface area (Å²) in [7, 11) is 0. The standard InChI is InChI=1S/C16H20N4O/c1-2-20(12-14-7-9-18-10-8-14)11-13-3-5-15(6-4-13)16(21)19-17/h3-10H,2,11-12,17H2,1H3,(H,19,21). The third kappa shape index (κ3) is 4.37. The Hall–Kier alpha value is -2.24. The van der Waals surface area contributed by atoms with Gasteiger partial charge >= 0.3 is 0 Å². The van der Waals surface area contributed by atoms with Gasteiger partial charge in [-0.2, -0.15) is 0 Å². The smallest absolute Gasteiger partial charge is 0.265 e. The second kappa shape index (κ2) is 7.52. The third-order valence-corrected chi connectivity index (χ3v) is 3.36. The number of hydrogen-bond acceptors (Lipinski definition) is 4. The van der Waals surface area contributed by atoms with E-state index in [-0.39, 0.29) is 5.91 Å². The van der Waals surface area contributed by atoms with Crippen molar-refractivity contribution >= 4 is 5.91 Å². The van der Waals surface area contributed by atoms with Gasteiger partial charge in [0.1, 0.15) is 0 Å². The Morgan fingerprint density at radius 3 is 2.19 bits per heavy atom. The Bertz CT molecular complexity index is 569. The van der Waals surface area contributed by atoms with Gasteiger partial charge in [-0.25, -0.2) is 5.84 Å². The van der Waals surface area contributed by atoms with Gasteiger partial charge in [0, 0.05) is 31.0 Å². The number of nitrogen functional groups attached to an aromatic ring is 1. The van der Waals surface area contributed by atoms with Crippen LogP contribution in [0.1, 0.15) is 28.4 Å². The number of benzene rings is 1. The van der Waals surface area contributed by atoms with Crippen LogP contribution >= 0.6 is 0 Å². The molecule has 2 aromatic rings. The summed E-state index contributed by atoms with van der Waals surface area (Å²) in [6, 6.07) is 11.5. The van der Waals surface area contributed by atoms with Crippen LogP contribution in [-0.4, -0.2) is 22.3 Å². The van der Waals surface area contributed by atoms with Gasteiger partial charge in [-0.1, -0.05) is 19.1 Å². The van der Waals surface area contributed by atoms with Crippen molar-refractivity contribution in [2.75, 3.05) is 6.54 Å². The molecular weight excluding hydrogens is 264 g/mol. The topological polar surface area (TPSA) is 71.2 Å². The fraction of sp³-hybridized carbons (Fsp3) is 0.250. The highest BCUT2D eigenvalue weighted by Crippen LogP contribution is 2.10. The zero-order valence-corrected chi connectivity index (χ0v) is 12.1. The van der Waals surface area contributed by atoms with Gasteiger partial charge in [-0.3, -0.25) is 20.1 Å². The molecule has 1 aromatic carbocycles. The lowest BCUT2D eigenvalue weighted by atomic mass is 10.1. The molecule has 0 saturated heterocycles. The predicted octanol–water partition coefficient (Wildman–Crippen LogP) is 1.71. The lowest BCUT2D eigenvalue weighted by molar-refractivity contribution is 0.0953. The summed E-state index contributed by atoms with van der Waals surface area (Å²) < 4.78 is 0. The van der Waals surface area contributed by atoms with Crippen LogP contribution < -0.4 is 11.3 Å². The molecule has 5 nitrogen and oxygen atoms in total. The van der Waals surface area contributed by atoms with Gasteiger partial charge in [0.05, 0.1) is 0 Å². The van der Waals surface area contributed by atoms with Crippen LogP contribution in [0.2, 0.25) is 0 Å². The van der Waals surface area contributed by atoms with Gasteiger partial charge in [-0.15, -0.1) is 0 Å². The first-order chi connectivity index (χ1) is 10.2. The summed E-state index contributed by atoms with van der Waals surface area (Å²) >= 11 is 0. The molecule has 5 heteroatoms. The third-order valence-electron chi connectivity index (χ3n) is 3.36. The van der Waals surface area contributed by atoms with Crippen LogP contribution in [0.5, 0.6) is 0 Å². The molecule has 2 rings (SSSR count). The summed E-state index contributed by atoms with van der Waals surface area (Å²) in [6.07, 6.45) is 3.62. The lowest BCUT2D eigenvalue weighted by Crippen LogP contribution is -2.30. The normalized spacial score (nSPS) is 10.6. The number of nitrogens with two attached hydrogens (primary N) is 1. The number of nitrogens with one attached hydrogen (secondary N) is 1. The molecule has 0 unspecified atom stereocenters. The minimum absolute atomic E-state index is 0.273. The summed E-state index contributed by atoms with van der Waals surface area (Å²) in [4.78, 5) is 17.7. The maximum Gasteiger partial charge on any atom is 0.265 e. The number of hydrogen-bond donors (Lipinski definition) is 2. The SMILES string of the molecule is CCN(Cc1ccncc1)Cc1ccc(C(=O)NN)cc1. The number of aromatic nitrogens is 1. The van der Waals surface area contributed by atoms with E-state index in [1.54, 1.807) is 12.1 Å². The maximum atomic E-state index is 11.4. The molecule has 3 N–H and O–H groups in total. The molecule has 0 aliphatic carbocycles. The minimum Gasteiger partial charge on any atom is -0.295 e. The number of nitrogens with zero attached hydrogens (tertiary/aromatic N) is 2. The predicted molar refractivity (Wildman–Crippen MR) is 82.1 cm³/mol. The number of carbonyl (C=O) groups is 1. The van der Waals surface area contributed by atoms with Gasteiger partial charge < -0.3 is 0 Å². The summed E-state index contributed by atoms with van der Waals surface area (Å²) in [5.41, 5.74) is 5.11. The molecule has 0 radical (unpaired) electrons. The molecular formula is C16H20N4O. The molecule has 0 spiro atoms. The molecule has 1 amide bonds. The van der Waals surface area contributed by atoms with E-state index in [0.29, 0.717) is 5.56 Å². The summed E-state index contributed by atoms with van der Waals surface area (Å²) in [6.45, 7) is 4.80. The average molecular weight is 284 g/mol. The molecule has 110 valence electrons.